The van der Waals surface area contributed by atoms with E-state index in [-0.39, 0.29) is 5.41 Å². The molecule has 3 N–H and O–H groups in total. The van der Waals surface area contributed by atoms with Gasteiger partial charge in [-0.15, -0.1) is 0 Å². The Bertz CT molecular complexity index is 369. The van der Waals surface area contributed by atoms with Gasteiger partial charge >= 0.3 is 0 Å². The maximum Gasteiger partial charge on any atom is 0.106 e. The fourth-order valence-electron chi connectivity index (χ4n) is 2.39. The number of aromatic nitrogens is 2. The highest BCUT2D eigenvalue weighted by Gasteiger charge is 2.24. The monoisotopic (exact) mass is 236 g/mol. The lowest BCUT2D eigenvalue weighted by molar-refractivity contribution is 0.368. The highest BCUT2D eigenvalue weighted by atomic mass is 15.1. The second kappa shape index (κ2) is 4.78. The van der Waals surface area contributed by atoms with Gasteiger partial charge in [-0.25, -0.2) is 4.98 Å². The van der Waals surface area contributed by atoms with Crippen LogP contribution in [0, 0.1) is 5.41 Å². The summed E-state index contributed by atoms with van der Waals surface area (Å²) in [6.45, 7) is 7.38. The van der Waals surface area contributed by atoms with Crippen molar-refractivity contribution >= 4 is 0 Å². The normalized spacial score (nSPS) is 22.2. The molecule has 4 heteroatoms. The third-order valence-electron chi connectivity index (χ3n) is 3.68. The van der Waals surface area contributed by atoms with Crippen LogP contribution in [0.2, 0.25) is 0 Å². The van der Waals surface area contributed by atoms with Gasteiger partial charge in [-0.3, -0.25) is 0 Å². The van der Waals surface area contributed by atoms with E-state index in [2.05, 4.69) is 35.8 Å². The lowest BCUT2D eigenvalue weighted by Crippen LogP contribution is -2.26. The van der Waals surface area contributed by atoms with Gasteiger partial charge in [0.1, 0.15) is 5.82 Å². The molecule has 0 bridgehead atoms. The number of likely N-dealkylation sites (tertiary alicyclic amines) is 1. The molecule has 0 aliphatic carbocycles. The average molecular weight is 236 g/mol. The number of nitrogens with zero attached hydrogens (tertiary/aromatic N) is 2. The quantitative estimate of drug-likeness (QED) is 0.830. The third-order valence-corrected chi connectivity index (χ3v) is 3.68. The molecular weight excluding hydrogens is 212 g/mol. The first kappa shape index (κ1) is 12.6. The zero-order chi connectivity index (χ0) is 12.5. The van der Waals surface area contributed by atoms with Crippen LogP contribution in [0.15, 0.2) is 6.20 Å². The first-order valence-corrected chi connectivity index (χ1v) is 6.42. The number of rotatable bonds is 4. The number of imidazole rings is 1. The van der Waals surface area contributed by atoms with Crippen LogP contribution in [0.25, 0.3) is 0 Å². The van der Waals surface area contributed by atoms with Crippen LogP contribution in [0.5, 0.6) is 0 Å². The van der Waals surface area contributed by atoms with Gasteiger partial charge in [-0.2, -0.15) is 0 Å². The van der Waals surface area contributed by atoms with Gasteiger partial charge in [0.05, 0.1) is 0 Å². The summed E-state index contributed by atoms with van der Waals surface area (Å²) in [6.07, 6.45) is 4.16. The van der Waals surface area contributed by atoms with Crippen molar-refractivity contribution in [2.45, 2.75) is 32.6 Å². The molecule has 96 valence electrons. The van der Waals surface area contributed by atoms with Crippen molar-refractivity contribution in [2.24, 2.45) is 11.1 Å². The fraction of sp³-hybridized carbons (Fsp3) is 0.769. The van der Waals surface area contributed by atoms with Crippen LogP contribution in [0.1, 0.15) is 37.7 Å². The van der Waals surface area contributed by atoms with Crippen molar-refractivity contribution in [1.29, 1.82) is 0 Å². The largest absolute Gasteiger partial charge is 0.346 e. The lowest BCUT2D eigenvalue weighted by Gasteiger charge is -2.20. The maximum absolute atomic E-state index is 5.75. The van der Waals surface area contributed by atoms with Gasteiger partial charge in [0.2, 0.25) is 0 Å². The summed E-state index contributed by atoms with van der Waals surface area (Å²) >= 11 is 0. The van der Waals surface area contributed by atoms with Crippen LogP contribution in [-0.2, 0) is 6.42 Å². The number of hydrogen-bond acceptors (Lipinski definition) is 3. The molecule has 1 aliphatic rings. The molecule has 2 heterocycles. The Labute approximate surface area is 104 Å². The number of nitrogens with two attached hydrogens (primary N) is 1. The maximum atomic E-state index is 5.75. The topological polar surface area (TPSA) is 57.9 Å². The third kappa shape index (κ3) is 3.07. The second-order valence-electron chi connectivity index (χ2n) is 6.08. The highest BCUT2D eigenvalue weighted by molar-refractivity contribution is 5.11. The molecule has 1 saturated heterocycles. The molecule has 0 saturated carbocycles. The molecule has 2 rings (SSSR count). The number of nitrogens with one attached hydrogen (secondary N) is 1. The molecule has 0 spiro atoms. The molecule has 17 heavy (non-hydrogen) atoms. The molecule has 0 aromatic carbocycles. The first-order chi connectivity index (χ1) is 8.00. The van der Waals surface area contributed by atoms with Gasteiger partial charge in [0.15, 0.2) is 0 Å². The molecule has 1 unspecified atom stereocenters. The van der Waals surface area contributed by atoms with Crippen molar-refractivity contribution in [3.8, 4) is 0 Å². The Balaban J connectivity index is 2.01. The molecule has 1 fully saturated rings. The van der Waals surface area contributed by atoms with E-state index >= 15 is 0 Å². The van der Waals surface area contributed by atoms with E-state index in [0.29, 0.717) is 12.5 Å². The van der Waals surface area contributed by atoms with Gasteiger partial charge in [0, 0.05) is 30.8 Å². The van der Waals surface area contributed by atoms with Gasteiger partial charge in [-0.1, -0.05) is 13.8 Å². The minimum atomic E-state index is 0.127. The lowest BCUT2D eigenvalue weighted by atomic mass is 9.89. The van der Waals surface area contributed by atoms with Crippen LogP contribution in [0.3, 0.4) is 0 Å². The van der Waals surface area contributed by atoms with E-state index in [9.17, 15) is 0 Å². The summed E-state index contributed by atoms with van der Waals surface area (Å²) in [6, 6.07) is 0. The van der Waals surface area contributed by atoms with Crippen molar-refractivity contribution in [3.05, 3.63) is 17.7 Å². The van der Waals surface area contributed by atoms with Gasteiger partial charge in [0.25, 0.3) is 0 Å². The van der Waals surface area contributed by atoms with Crippen molar-refractivity contribution in [2.75, 3.05) is 26.7 Å². The van der Waals surface area contributed by atoms with E-state index in [0.717, 1.165) is 18.8 Å². The Morgan fingerprint density at radius 2 is 2.35 bits per heavy atom. The van der Waals surface area contributed by atoms with E-state index in [1.54, 1.807) is 0 Å². The molecule has 1 aromatic heterocycles. The molecule has 0 amide bonds. The van der Waals surface area contributed by atoms with Gasteiger partial charge in [-0.05, 0) is 32.0 Å². The molecular formula is C13H24N4. The predicted molar refractivity (Wildman–Crippen MR) is 70.0 cm³/mol. The number of H-pyrrole nitrogens is 1. The zero-order valence-electron chi connectivity index (χ0n) is 11.2. The summed E-state index contributed by atoms with van der Waals surface area (Å²) < 4.78 is 0. The van der Waals surface area contributed by atoms with Gasteiger partial charge < -0.3 is 15.6 Å². The predicted octanol–water partition coefficient (Wildman–Crippen LogP) is 1.36. The van der Waals surface area contributed by atoms with Crippen molar-refractivity contribution in [1.82, 2.24) is 14.9 Å². The van der Waals surface area contributed by atoms with Crippen LogP contribution < -0.4 is 5.73 Å². The molecule has 1 atom stereocenters. The number of hydrogen-bond donors (Lipinski definition) is 2. The highest BCUT2D eigenvalue weighted by Crippen LogP contribution is 2.26. The zero-order valence-corrected chi connectivity index (χ0v) is 11.2. The molecule has 4 nitrogen and oxygen atoms in total. The Morgan fingerprint density at radius 3 is 2.94 bits per heavy atom. The smallest absolute Gasteiger partial charge is 0.106 e. The standard InChI is InChI=1S/C13H24N4/c1-13(2,9-14)6-12-15-7-11(16-12)10-4-5-17(3)8-10/h7,10H,4-6,8-9,14H2,1-3H3,(H,15,16). The second-order valence-corrected chi connectivity index (χ2v) is 6.08. The average Bonchev–Trinajstić information content (AvgIpc) is 2.86. The van der Waals surface area contributed by atoms with E-state index in [4.69, 9.17) is 5.73 Å². The van der Waals surface area contributed by atoms with Crippen molar-refractivity contribution < 1.29 is 0 Å². The van der Waals surface area contributed by atoms with Crippen LogP contribution in [-0.4, -0.2) is 41.5 Å². The summed E-state index contributed by atoms with van der Waals surface area (Å²) in [4.78, 5) is 10.3. The summed E-state index contributed by atoms with van der Waals surface area (Å²) in [7, 11) is 2.18. The molecule has 1 aliphatic heterocycles. The van der Waals surface area contributed by atoms with Crippen molar-refractivity contribution in [3.63, 3.8) is 0 Å². The molecule has 1 aromatic rings. The Hall–Kier alpha value is -0.870. The summed E-state index contributed by atoms with van der Waals surface area (Å²) in [5.41, 5.74) is 7.17. The first-order valence-electron chi connectivity index (χ1n) is 6.42. The Morgan fingerprint density at radius 1 is 1.59 bits per heavy atom. The van der Waals surface area contributed by atoms with Crippen LogP contribution in [0.4, 0.5) is 0 Å². The van der Waals surface area contributed by atoms with Crippen LogP contribution >= 0.6 is 0 Å². The minimum Gasteiger partial charge on any atom is -0.346 e. The van der Waals surface area contributed by atoms with E-state index in [1.165, 1.54) is 18.7 Å². The van der Waals surface area contributed by atoms with E-state index < -0.39 is 0 Å². The minimum absolute atomic E-state index is 0.127. The molecule has 0 radical (unpaired) electrons. The Kier molecular flexibility index (Phi) is 3.54. The number of aromatic amines is 1. The van der Waals surface area contributed by atoms with E-state index in [1.807, 2.05) is 6.20 Å². The summed E-state index contributed by atoms with van der Waals surface area (Å²) in [5.74, 6) is 1.70. The fourth-order valence-corrected chi connectivity index (χ4v) is 2.39. The SMILES string of the molecule is CN1CCC(c2cnc(CC(C)(C)CN)[nH]2)C1. The number of likely N-dealkylation sites (N-methyl/N-ethyl adjacent to an activating group) is 1. The summed E-state index contributed by atoms with van der Waals surface area (Å²) in [5, 5.41) is 0.